The predicted octanol–water partition coefficient (Wildman–Crippen LogP) is 7.28. The van der Waals surface area contributed by atoms with Crippen molar-refractivity contribution >= 4 is 17.3 Å². The second kappa shape index (κ2) is 10.3. The number of carbonyl (C=O) groups excluding carboxylic acids is 1. The molecule has 0 saturated heterocycles. The second-order valence-corrected chi connectivity index (χ2v) is 7.81. The summed E-state index contributed by atoms with van der Waals surface area (Å²) in [6.45, 7) is 0.788. The quantitative estimate of drug-likeness (QED) is 0.304. The Balaban J connectivity index is 1.41. The van der Waals surface area contributed by atoms with Crippen molar-refractivity contribution in [2.45, 2.75) is 12.6 Å². The minimum absolute atomic E-state index is 0.333. The number of anilines is 2. The first-order chi connectivity index (χ1) is 16.4. The molecule has 0 unspecified atom stereocenters. The molecule has 3 nitrogen and oxygen atoms in total. The van der Waals surface area contributed by atoms with E-state index in [0.717, 1.165) is 30.8 Å². The number of rotatable bonds is 7. The van der Waals surface area contributed by atoms with E-state index in [-0.39, 0.29) is 5.91 Å². The van der Waals surface area contributed by atoms with E-state index in [2.05, 4.69) is 22.8 Å². The first-order valence-electron chi connectivity index (χ1n) is 10.9. The topological polar surface area (TPSA) is 41.1 Å². The third-order valence-electron chi connectivity index (χ3n) is 5.42. The summed E-state index contributed by atoms with van der Waals surface area (Å²) in [5.41, 5.74) is 3.58. The molecule has 4 aromatic carbocycles. The van der Waals surface area contributed by atoms with Crippen molar-refractivity contribution in [3.63, 3.8) is 0 Å². The van der Waals surface area contributed by atoms with Crippen LogP contribution < -0.4 is 10.6 Å². The summed E-state index contributed by atoms with van der Waals surface area (Å²) in [7, 11) is 0. The summed E-state index contributed by atoms with van der Waals surface area (Å²) in [6, 6.07) is 29.2. The monoisotopic (exact) mass is 460 g/mol. The van der Waals surface area contributed by atoms with Crippen LogP contribution in [0.1, 0.15) is 21.5 Å². The zero-order chi connectivity index (χ0) is 24.0. The van der Waals surface area contributed by atoms with E-state index in [1.165, 1.54) is 17.7 Å². The van der Waals surface area contributed by atoms with Crippen molar-refractivity contribution in [3.8, 4) is 11.1 Å². The molecule has 0 radical (unpaired) electrons. The summed E-state index contributed by atoms with van der Waals surface area (Å²) in [5, 5.41) is 6.22. The molecule has 0 bridgehead atoms. The minimum Gasteiger partial charge on any atom is -0.385 e. The molecule has 0 heterocycles. The highest BCUT2D eigenvalue weighted by molar-refractivity contribution is 6.08. The van der Waals surface area contributed by atoms with Gasteiger partial charge >= 0.3 is 6.18 Å². The Labute approximate surface area is 196 Å². The van der Waals surface area contributed by atoms with Crippen LogP contribution in [0.2, 0.25) is 0 Å². The molecule has 172 valence electrons. The molecule has 1 amide bonds. The molecule has 4 aromatic rings. The number of halogens is 3. The van der Waals surface area contributed by atoms with Crippen LogP contribution in [-0.2, 0) is 12.6 Å². The summed E-state index contributed by atoms with van der Waals surface area (Å²) >= 11 is 0. The fourth-order valence-electron chi connectivity index (χ4n) is 3.64. The van der Waals surface area contributed by atoms with Gasteiger partial charge in [0.2, 0.25) is 0 Å². The number of hydrogen-bond acceptors (Lipinski definition) is 2. The van der Waals surface area contributed by atoms with Crippen LogP contribution in [0.5, 0.6) is 0 Å². The largest absolute Gasteiger partial charge is 0.416 e. The average Bonchev–Trinajstić information content (AvgIpc) is 2.85. The molecule has 0 saturated carbocycles. The number of alkyl halides is 3. The summed E-state index contributed by atoms with van der Waals surface area (Å²) in [6.07, 6.45) is -3.50. The number of nitrogens with one attached hydrogen (secondary N) is 2. The Kier molecular flexibility index (Phi) is 6.97. The lowest BCUT2D eigenvalue weighted by atomic mass is 9.98. The zero-order valence-electron chi connectivity index (χ0n) is 18.3. The Morgan fingerprint density at radius 3 is 2.00 bits per heavy atom. The Morgan fingerprint density at radius 1 is 0.706 bits per heavy atom. The van der Waals surface area contributed by atoms with Gasteiger partial charge in [-0.15, -0.1) is 0 Å². The standard InChI is InChI=1S/C28H23F3N2O/c29-28(30,31)22-12-10-21(11-13-22)25-8-4-5-9-26(25)27(34)33-24-16-14-23(15-17-24)32-19-18-20-6-2-1-3-7-20/h1-17,32H,18-19H2,(H,33,34). The number of carbonyl (C=O) groups is 1. The van der Waals surface area contributed by atoms with Gasteiger partial charge in [-0.1, -0.05) is 60.7 Å². The van der Waals surface area contributed by atoms with Gasteiger partial charge in [0.15, 0.2) is 0 Å². The lowest BCUT2D eigenvalue weighted by molar-refractivity contribution is -0.137. The van der Waals surface area contributed by atoms with Gasteiger partial charge in [0, 0.05) is 23.5 Å². The van der Waals surface area contributed by atoms with Gasteiger partial charge in [0.1, 0.15) is 0 Å². The van der Waals surface area contributed by atoms with Crippen LogP contribution >= 0.6 is 0 Å². The molecule has 0 atom stereocenters. The number of hydrogen-bond donors (Lipinski definition) is 2. The van der Waals surface area contributed by atoms with E-state index < -0.39 is 11.7 Å². The third-order valence-corrected chi connectivity index (χ3v) is 5.42. The molecule has 0 aliphatic heterocycles. The van der Waals surface area contributed by atoms with Crippen molar-refractivity contribution in [3.05, 3.63) is 120 Å². The minimum atomic E-state index is -4.40. The Morgan fingerprint density at radius 2 is 1.32 bits per heavy atom. The van der Waals surface area contributed by atoms with Crippen LogP contribution in [0.25, 0.3) is 11.1 Å². The normalized spacial score (nSPS) is 11.1. The van der Waals surface area contributed by atoms with E-state index in [1.807, 2.05) is 42.5 Å². The van der Waals surface area contributed by atoms with Gasteiger partial charge in [-0.3, -0.25) is 4.79 Å². The van der Waals surface area contributed by atoms with Gasteiger partial charge in [0.05, 0.1) is 5.56 Å². The Hall–Kier alpha value is -4.06. The van der Waals surface area contributed by atoms with E-state index in [4.69, 9.17) is 0 Å². The number of amides is 1. The number of benzene rings is 4. The van der Waals surface area contributed by atoms with E-state index >= 15 is 0 Å². The van der Waals surface area contributed by atoms with Crippen molar-refractivity contribution in [1.29, 1.82) is 0 Å². The molecule has 4 rings (SSSR count). The van der Waals surface area contributed by atoms with E-state index in [0.29, 0.717) is 22.4 Å². The van der Waals surface area contributed by atoms with Gasteiger partial charge < -0.3 is 10.6 Å². The predicted molar refractivity (Wildman–Crippen MR) is 130 cm³/mol. The molecule has 34 heavy (non-hydrogen) atoms. The first-order valence-corrected chi connectivity index (χ1v) is 10.9. The third kappa shape index (κ3) is 5.84. The van der Waals surface area contributed by atoms with Crippen LogP contribution in [0.3, 0.4) is 0 Å². The highest BCUT2D eigenvalue weighted by Crippen LogP contribution is 2.32. The Bertz CT molecular complexity index is 1240. The molecule has 0 aliphatic carbocycles. The molecule has 6 heteroatoms. The van der Waals surface area contributed by atoms with Gasteiger partial charge in [-0.25, -0.2) is 0 Å². The summed E-state index contributed by atoms with van der Waals surface area (Å²) < 4.78 is 38.6. The molecular formula is C28H23F3N2O. The van der Waals surface area contributed by atoms with Crippen LogP contribution in [-0.4, -0.2) is 12.5 Å². The van der Waals surface area contributed by atoms with Crippen molar-refractivity contribution < 1.29 is 18.0 Å². The highest BCUT2D eigenvalue weighted by atomic mass is 19.4. The molecule has 0 spiro atoms. The maximum atomic E-state index is 12.9. The van der Waals surface area contributed by atoms with Crippen LogP contribution in [0, 0.1) is 0 Å². The van der Waals surface area contributed by atoms with Crippen molar-refractivity contribution in [2.75, 3.05) is 17.2 Å². The molecule has 0 aromatic heterocycles. The smallest absolute Gasteiger partial charge is 0.385 e. The summed E-state index contributed by atoms with van der Waals surface area (Å²) in [5.74, 6) is -0.333. The molecule has 2 N–H and O–H groups in total. The van der Waals surface area contributed by atoms with Gasteiger partial charge in [-0.2, -0.15) is 13.2 Å². The lowest BCUT2D eigenvalue weighted by Crippen LogP contribution is -2.13. The second-order valence-electron chi connectivity index (χ2n) is 7.81. The van der Waals surface area contributed by atoms with Gasteiger partial charge in [-0.05, 0) is 65.6 Å². The summed E-state index contributed by atoms with van der Waals surface area (Å²) in [4.78, 5) is 12.9. The van der Waals surface area contributed by atoms with Gasteiger partial charge in [0.25, 0.3) is 5.91 Å². The SMILES string of the molecule is O=C(Nc1ccc(NCCc2ccccc2)cc1)c1ccccc1-c1ccc(C(F)(F)F)cc1. The average molecular weight is 460 g/mol. The first kappa shape index (κ1) is 23.1. The molecular weight excluding hydrogens is 437 g/mol. The van der Waals surface area contributed by atoms with Crippen molar-refractivity contribution in [2.24, 2.45) is 0 Å². The fraction of sp³-hybridized carbons (Fsp3) is 0.107. The molecule has 0 fully saturated rings. The highest BCUT2D eigenvalue weighted by Gasteiger charge is 2.30. The fourth-order valence-corrected chi connectivity index (χ4v) is 3.64. The van der Waals surface area contributed by atoms with E-state index in [1.54, 1.807) is 24.3 Å². The maximum absolute atomic E-state index is 12.9. The van der Waals surface area contributed by atoms with Crippen LogP contribution in [0.4, 0.5) is 24.5 Å². The zero-order valence-corrected chi connectivity index (χ0v) is 18.3. The lowest BCUT2D eigenvalue weighted by Gasteiger charge is -2.12. The van der Waals surface area contributed by atoms with Crippen molar-refractivity contribution in [1.82, 2.24) is 0 Å². The molecule has 0 aliphatic rings. The maximum Gasteiger partial charge on any atom is 0.416 e. The van der Waals surface area contributed by atoms with E-state index in [9.17, 15) is 18.0 Å². The van der Waals surface area contributed by atoms with Crippen LogP contribution in [0.15, 0.2) is 103 Å².